The normalized spacial score (nSPS) is 13.1. The molecular formula is C26H27N3O5. The maximum absolute atomic E-state index is 12.5. The van der Waals surface area contributed by atoms with Gasteiger partial charge in [0, 0.05) is 23.6 Å². The number of nitrogens with two attached hydrogens (primary N) is 1. The van der Waals surface area contributed by atoms with Gasteiger partial charge >= 0.3 is 5.97 Å². The van der Waals surface area contributed by atoms with Gasteiger partial charge in [0.05, 0.1) is 22.7 Å². The molecule has 34 heavy (non-hydrogen) atoms. The Bertz CT molecular complexity index is 1260. The lowest BCUT2D eigenvalue weighted by Crippen LogP contribution is -2.29. The van der Waals surface area contributed by atoms with Crippen LogP contribution in [-0.2, 0) is 14.3 Å². The smallest absolute Gasteiger partial charge is 0.315 e. The summed E-state index contributed by atoms with van der Waals surface area (Å²) in [6, 6.07) is 16.2. The summed E-state index contributed by atoms with van der Waals surface area (Å²) in [5, 5.41) is 10.2. The van der Waals surface area contributed by atoms with Gasteiger partial charge in [-0.15, -0.1) is 0 Å². The topological polar surface area (TPSA) is 132 Å². The molecule has 1 aromatic heterocycles. The fourth-order valence-electron chi connectivity index (χ4n) is 3.39. The van der Waals surface area contributed by atoms with E-state index in [0.29, 0.717) is 16.8 Å². The number of phenols is 1. The third-order valence-corrected chi connectivity index (χ3v) is 4.97. The van der Waals surface area contributed by atoms with E-state index in [1.807, 2.05) is 51.1 Å². The van der Waals surface area contributed by atoms with E-state index in [4.69, 9.17) is 10.5 Å². The summed E-state index contributed by atoms with van der Waals surface area (Å²) >= 11 is 0. The standard InChI is InChI=1S/C18H22N2O3.C8H5NO2/c1-18(2,3)23-17(22)13(9-11-16(19)21)15-10-8-12-6-4-5-7-14(12)20-15;10-7-3-1-2-5-6(7)4-9-8(5)11/h4-8,10,13H,9,11H2,1-3H3,(H2,19,21);1-4,10H. The van der Waals surface area contributed by atoms with E-state index in [9.17, 15) is 19.5 Å². The Morgan fingerprint density at radius 1 is 1.06 bits per heavy atom. The van der Waals surface area contributed by atoms with Crippen molar-refractivity contribution in [2.45, 2.75) is 45.1 Å². The molecule has 0 saturated carbocycles. The quantitative estimate of drug-likeness (QED) is 0.554. The second kappa shape index (κ2) is 10.2. The summed E-state index contributed by atoms with van der Waals surface area (Å²) in [5.41, 5.74) is 7.03. The molecule has 2 aromatic carbocycles. The largest absolute Gasteiger partial charge is 0.507 e. The SMILES string of the molecule is CC(C)(C)OC(=O)C(CCC(N)=O)c1ccc2ccccc2n1.O=C1N=Cc2c(O)cccc21. The van der Waals surface area contributed by atoms with Crippen LogP contribution >= 0.6 is 0 Å². The van der Waals surface area contributed by atoms with Crippen LogP contribution in [0, 0.1) is 0 Å². The number of carbonyl (C=O) groups excluding carboxylic acids is 3. The minimum absolute atomic E-state index is 0.108. The molecule has 2 heterocycles. The van der Waals surface area contributed by atoms with E-state index >= 15 is 0 Å². The number of primary amides is 1. The van der Waals surface area contributed by atoms with E-state index in [1.54, 1.807) is 18.2 Å². The number of ether oxygens (including phenoxy) is 1. The van der Waals surface area contributed by atoms with Crippen molar-refractivity contribution in [1.82, 2.24) is 4.98 Å². The Balaban J connectivity index is 0.000000243. The first kappa shape index (κ1) is 24.6. The predicted molar refractivity (Wildman–Crippen MR) is 129 cm³/mol. The molecule has 3 N–H and O–H groups in total. The van der Waals surface area contributed by atoms with Crippen LogP contribution < -0.4 is 5.73 Å². The van der Waals surface area contributed by atoms with Crippen LogP contribution in [0.15, 0.2) is 59.6 Å². The highest BCUT2D eigenvalue weighted by molar-refractivity contribution is 6.14. The van der Waals surface area contributed by atoms with Crippen LogP contribution in [0.4, 0.5) is 0 Å². The zero-order chi connectivity index (χ0) is 24.9. The molecule has 1 aliphatic rings. The van der Waals surface area contributed by atoms with Crippen LogP contribution in [-0.4, -0.2) is 39.7 Å². The molecule has 0 saturated heterocycles. The molecule has 3 aromatic rings. The van der Waals surface area contributed by atoms with E-state index in [2.05, 4.69) is 9.98 Å². The van der Waals surface area contributed by atoms with Crippen molar-refractivity contribution in [3.8, 4) is 5.75 Å². The lowest BCUT2D eigenvalue weighted by molar-refractivity contribution is -0.157. The molecule has 0 aliphatic carbocycles. The number of nitrogens with zero attached hydrogens (tertiary/aromatic N) is 2. The number of esters is 1. The number of aliphatic imine (C=N–C) groups is 1. The highest BCUT2D eigenvalue weighted by Gasteiger charge is 2.28. The highest BCUT2D eigenvalue weighted by atomic mass is 16.6. The molecular weight excluding hydrogens is 434 g/mol. The summed E-state index contributed by atoms with van der Waals surface area (Å²) in [6.07, 6.45) is 1.78. The molecule has 0 fully saturated rings. The maximum Gasteiger partial charge on any atom is 0.315 e. The van der Waals surface area contributed by atoms with Gasteiger partial charge in [-0.05, 0) is 51.5 Å². The van der Waals surface area contributed by atoms with Crippen LogP contribution in [0.5, 0.6) is 5.75 Å². The minimum atomic E-state index is -0.605. The molecule has 1 unspecified atom stereocenters. The summed E-state index contributed by atoms with van der Waals surface area (Å²) in [7, 11) is 0. The molecule has 2 amide bonds. The van der Waals surface area contributed by atoms with Gasteiger partial charge in [0.25, 0.3) is 5.91 Å². The van der Waals surface area contributed by atoms with E-state index in [1.165, 1.54) is 12.3 Å². The second-order valence-electron chi connectivity index (χ2n) is 8.82. The number of rotatable bonds is 5. The molecule has 176 valence electrons. The zero-order valence-electron chi connectivity index (χ0n) is 19.3. The highest BCUT2D eigenvalue weighted by Crippen LogP contribution is 2.26. The van der Waals surface area contributed by atoms with Crippen molar-refractivity contribution in [2.24, 2.45) is 10.7 Å². The lowest BCUT2D eigenvalue weighted by Gasteiger charge is -2.23. The number of aromatic nitrogens is 1. The van der Waals surface area contributed by atoms with Gasteiger partial charge in [-0.2, -0.15) is 0 Å². The molecule has 0 radical (unpaired) electrons. The number of fused-ring (bicyclic) bond motifs is 2. The van der Waals surface area contributed by atoms with Crippen molar-refractivity contribution in [2.75, 3.05) is 0 Å². The molecule has 8 heteroatoms. The number of para-hydroxylation sites is 1. The van der Waals surface area contributed by atoms with Crippen molar-refractivity contribution < 1.29 is 24.2 Å². The molecule has 0 bridgehead atoms. The third-order valence-electron chi connectivity index (χ3n) is 4.97. The van der Waals surface area contributed by atoms with Gasteiger partial charge in [-0.3, -0.25) is 19.4 Å². The van der Waals surface area contributed by atoms with Crippen molar-refractivity contribution in [1.29, 1.82) is 0 Å². The number of amides is 2. The van der Waals surface area contributed by atoms with Crippen LogP contribution in [0.25, 0.3) is 10.9 Å². The summed E-state index contributed by atoms with van der Waals surface area (Å²) in [4.78, 5) is 42.6. The molecule has 4 rings (SSSR count). The van der Waals surface area contributed by atoms with Crippen LogP contribution in [0.2, 0.25) is 0 Å². The average Bonchev–Trinajstić information content (AvgIpc) is 3.15. The first-order valence-electron chi connectivity index (χ1n) is 10.8. The Labute approximate surface area is 197 Å². The van der Waals surface area contributed by atoms with Crippen LogP contribution in [0.3, 0.4) is 0 Å². The van der Waals surface area contributed by atoms with Gasteiger partial charge in [0.2, 0.25) is 5.91 Å². The minimum Gasteiger partial charge on any atom is -0.507 e. The van der Waals surface area contributed by atoms with Gasteiger partial charge < -0.3 is 15.6 Å². The Hall–Kier alpha value is -4.07. The van der Waals surface area contributed by atoms with Crippen LogP contribution in [0.1, 0.15) is 61.1 Å². The fraction of sp³-hybridized carbons (Fsp3) is 0.269. The number of phenolic OH excluding ortho intramolecular Hbond substituents is 1. The van der Waals surface area contributed by atoms with Crippen molar-refractivity contribution in [3.63, 3.8) is 0 Å². The monoisotopic (exact) mass is 461 g/mol. The summed E-state index contributed by atoms with van der Waals surface area (Å²) < 4.78 is 5.47. The molecule has 0 spiro atoms. The third kappa shape index (κ3) is 6.25. The van der Waals surface area contributed by atoms with E-state index in [0.717, 1.165) is 10.9 Å². The molecule has 8 nitrogen and oxygen atoms in total. The first-order valence-corrected chi connectivity index (χ1v) is 10.8. The first-order chi connectivity index (χ1) is 16.0. The Morgan fingerprint density at radius 2 is 1.79 bits per heavy atom. The molecule has 1 atom stereocenters. The maximum atomic E-state index is 12.5. The van der Waals surface area contributed by atoms with Gasteiger partial charge in [0.15, 0.2) is 0 Å². The van der Waals surface area contributed by atoms with Gasteiger partial charge in [0.1, 0.15) is 11.4 Å². The Kier molecular flexibility index (Phi) is 7.40. The van der Waals surface area contributed by atoms with Crippen molar-refractivity contribution in [3.05, 3.63) is 71.4 Å². The van der Waals surface area contributed by atoms with E-state index < -0.39 is 17.4 Å². The second-order valence-corrected chi connectivity index (χ2v) is 8.82. The predicted octanol–water partition coefficient (Wildman–Crippen LogP) is 3.89. The van der Waals surface area contributed by atoms with Gasteiger partial charge in [-0.25, -0.2) is 4.99 Å². The number of benzene rings is 2. The number of pyridine rings is 1. The number of hydrogen-bond donors (Lipinski definition) is 2. The van der Waals surface area contributed by atoms with E-state index in [-0.39, 0.29) is 30.5 Å². The summed E-state index contributed by atoms with van der Waals surface area (Å²) in [6.45, 7) is 5.43. The number of hydrogen-bond acceptors (Lipinski definition) is 6. The zero-order valence-corrected chi connectivity index (χ0v) is 19.3. The molecule has 1 aliphatic heterocycles. The van der Waals surface area contributed by atoms with Crippen molar-refractivity contribution >= 4 is 34.9 Å². The average molecular weight is 462 g/mol. The Morgan fingerprint density at radius 3 is 2.47 bits per heavy atom. The van der Waals surface area contributed by atoms with Gasteiger partial charge in [-0.1, -0.05) is 30.3 Å². The fourth-order valence-corrected chi connectivity index (χ4v) is 3.39. The number of carbonyl (C=O) groups is 3. The number of aromatic hydroxyl groups is 1. The lowest BCUT2D eigenvalue weighted by atomic mass is 9.97. The summed E-state index contributed by atoms with van der Waals surface area (Å²) in [5.74, 6) is -1.61.